The fourth-order valence-electron chi connectivity index (χ4n) is 2.90. The molecule has 0 aliphatic rings. The smallest absolute Gasteiger partial charge is 0.251 e. The predicted octanol–water partition coefficient (Wildman–Crippen LogP) is 4.41. The third-order valence-electron chi connectivity index (χ3n) is 4.13. The molecule has 1 amide bonds. The van der Waals surface area contributed by atoms with Crippen molar-refractivity contribution < 1.29 is 4.79 Å². The second-order valence-corrected chi connectivity index (χ2v) is 6.18. The third-order valence-corrected chi connectivity index (χ3v) is 4.37. The maximum atomic E-state index is 12.3. The van der Waals surface area contributed by atoms with Gasteiger partial charge in [-0.15, -0.1) is 0 Å². The van der Waals surface area contributed by atoms with Gasteiger partial charge >= 0.3 is 0 Å². The number of nitrogens with one attached hydrogen (secondary N) is 2. The number of benzene rings is 2. The molecule has 0 unspecified atom stereocenters. The fraction of sp³-hybridized carbons (Fsp3) is 0.211. The van der Waals surface area contributed by atoms with Crippen molar-refractivity contribution in [1.82, 2.24) is 10.3 Å². The summed E-state index contributed by atoms with van der Waals surface area (Å²) < 4.78 is 0. The van der Waals surface area contributed by atoms with E-state index in [0.717, 1.165) is 39.2 Å². The number of hydrogen-bond acceptors (Lipinski definition) is 1. The quantitative estimate of drug-likeness (QED) is 0.733. The van der Waals surface area contributed by atoms with Gasteiger partial charge in [0.2, 0.25) is 0 Å². The summed E-state index contributed by atoms with van der Waals surface area (Å²) in [4.78, 5) is 15.6. The van der Waals surface area contributed by atoms with Crippen LogP contribution in [0.1, 0.15) is 27.2 Å². The Balaban J connectivity index is 1.72. The SMILES string of the molecule is Cc1ccccc1C(=O)NCCc1c(C)[nH]c2ccc(Cl)cc12. The van der Waals surface area contributed by atoms with Crippen LogP contribution in [0, 0.1) is 13.8 Å². The van der Waals surface area contributed by atoms with Crippen LogP contribution in [0.4, 0.5) is 0 Å². The molecule has 118 valence electrons. The first-order chi connectivity index (χ1) is 11.1. The molecule has 0 saturated heterocycles. The van der Waals surface area contributed by atoms with Gasteiger partial charge in [-0.3, -0.25) is 4.79 Å². The molecule has 3 aromatic rings. The lowest BCUT2D eigenvalue weighted by Gasteiger charge is -2.08. The Hall–Kier alpha value is -2.26. The summed E-state index contributed by atoms with van der Waals surface area (Å²) >= 11 is 6.10. The van der Waals surface area contributed by atoms with E-state index in [2.05, 4.69) is 10.3 Å². The Morgan fingerprint density at radius 1 is 1.17 bits per heavy atom. The van der Waals surface area contributed by atoms with Crippen LogP contribution in [0.3, 0.4) is 0 Å². The van der Waals surface area contributed by atoms with Gasteiger partial charge in [0.15, 0.2) is 0 Å². The molecule has 0 radical (unpaired) electrons. The lowest BCUT2D eigenvalue weighted by atomic mass is 10.1. The molecule has 4 heteroatoms. The maximum absolute atomic E-state index is 12.3. The molecule has 0 atom stereocenters. The normalized spacial score (nSPS) is 10.9. The Kier molecular flexibility index (Phi) is 4.39. The molecule has 2 N–H and O–H groups in total. The number of aromatic amines is 1. The number of amides is 1. The zero-order chi connectivity index (χ0) is 16.4. The highest BCUT2D eigenvalue weighted by molar-refractivity contribution is 6.31. The van der Waals surface area contributed by atoms with Crippen molar-refractivity contribution in [2.24, 2.45) is 0 Å². The van der Waals surface area contributed by atoms with Gasteiger partial charge in [-0.25, -0.2) is 0 Å². The molecule has 23 heavy (non-hydrogen) atoms. The van der Waals surface area contributed by atoms with Crippen molar-refractivity contribution in [2.45, 2.75) is 20.3 Å². The van der Waals surface area contributed by atoms with Gasteiger partial charge in [0.1, 0.15) is 0 Å². The summed E-state index contributed by atoms with van der Waals surface area (Å²) in [7, 11) is 0. The van der Waals surface area contributed by atoms with E-state index in [9.17, 15) is 4.79 Å². The van der Waals surface area contributed by atoms with Gasteiger partial charge in [-0.2, -0.15) is 0 Å². The lowest BCUT2D eigenvalue weighted by molar-refractivity contribution is 0.0953. The molecular formula is C19H19ClN2O. The lowest BCUT2D eigenvalue weighted by Crippen LogP contribution is -2.26. The van der Waals surface area contributed by atoms with Crippen LogP contribution in [0.2, 0.25) is 5.02 Å². The minimum Gasteiger partial charge on any atom is -0.358 e. The molecule has 0 aliphatic carbocycles. The number of hydrogen-bond donors (Lipinski definition) is 2. The van der Waals surface area contributed by atoms with Crippen LogP contribution in [0.15, 0.2) is 42.5 Å². The van der Waals surface area contributed by atoms with Crippen LogP contribution < -0.4 is 5.32 Å². The van der Waals surface area contributed by atoms with Crippen molar-refractivity contribution in [1.29, 1.82) is 0 Å². The molecule has 1 heterocycles. The van der Waals surface area contributed by atoms with Crippen LogP contribution in [-0.2, 0) is 6.42 Å². The van der Waals surface area contributed by atoms with E-state index in [0.29, 0.717) is 6.54 Å². The highest BCUT2D eigenvalue weighted by Crippen LogP contribution is 2.25. The largest absolute Gasteiger partial charge is 0.358 e. The van der Waals surface area contributed by atoms with Gasteiger partial charge in [-0.05, 0) is 55.7 Å². The van der Waals surface area contributed by atoms with Crippen LogP contribution in [-0.4, -0.2) is 17.4 Å². The average molecular weight is 327 g/mol. The second kappa shape index (κ2) is 6.47. The fourth-order valence-corrected chi connectivity index (χ4v) is 3.07. The van der Waals surface area contributed by atoms with Crippen molar-refractivity contribution in [3.63, 3.8) is 0 Å². The number of halogens is 1. The van der Waals surface area contributed by atoms with E-state index in [1.54, 1.807) is 0 Å². The zero-order valence-electron chi connectivity index (χ0n) is 13.2. The van der Waals surface area contributed by atoms with E-state index in [1.807, 2.05) is 56.3 Å². The predicted molar refractivity (Wildman–Crippen MR) is 95.3 cm³/mol. The van der Waals surface area contributed by atoms with Gasteiger partial charge < -0.3 is 10.3 Å². The summed E-state index contributed by atoms with van der Waals surface area (Å²) in [5.74, 6) is -0.0290. The molecule has 2 aromatic carbocycles. The monoisotopic (exact) mass is 326 g/mol. The number of H-pyrrole nitrogens is 1. The molecule has 0 bridgehead atoms. The molecule has 0 aliphatic heterocycles. The Morgan fingerprint density at radius 3 is 2.74 bits per heavy atom. The van der Waals surface area contributed by atoms with Crippen molar-refractivity contribution in [3.8, 4) is 0 Å². The van der Waals surface area contributed by atoms with Gasteiger partial charge in [0, 0.05) is 33.7 Å². The van der Waals surface area contributed by atoms with Crippen LogP contribution >= 0.6 is 11.6 Å². The molecule has 0 spiro atoms. The van der Waals surface area contributed by atoms with Gasteiger partial charge in [0.25, 0.3) is 5.91 Å². The van der Waals surface area contributed by atoms with E-state index in [1.165, 1.54) is 5.56 Å². The average Bonchev–Trinajstić information content (AvgIpc) is 2.83. The highest BCUT2D eigenvalue weighted by atomic mass is 35.5. The minimum atomic E-state index is -0.0290. The first kappa shape index (κ1) is 15.6. The number of rotatable bonds is 4. The van der Waals surface area contributed by atoms with Crippen LogP contribution in [0.25, 0.3) is 10.9 Å². The summed E-state index contributed by atoms with van der Waals surface area (Å²) in [6.45, 7) is 4.58. The summed E-state index contributed by atoms with van der Waals surface area (Å²) in [6.07, 6.45) is 0.768. The first-order valence-corrected chi connectivity index (χ1v) is 8.04. The summed E-state index contributed by atoms with van der Waals surface area (Å²) in [5.41, 5.74) is 5.11. The second-order valence-electron chi connectivity index (χ2n) is 5.74. The van der Waals surface area contributed by atoms with Gasteiger partial charge in [0.05, 0.1) is 0 Å². The van der Waals surface area contributed by atoms with Crippen molar-refractivity contribution >= 4 is 28.4 Å². The number of carbonyl (C=O) groups excluding carboxylic acids is 1. The third kappa shape index (κ3) is 3.25. The number of fused-ring (bicyclic) bond motifs is 1. The maximum Gasteiger partial charge on any atom is 0.251 e. The Labute approximate surface area is 140 Å². The molecule has 3 rings (SSSR count). The van der Waals surface area contributed by atoms with E-state index in [4.69, 9.17) is 11.6 Å². The highest BCUT2D eigenvalue weighted by Gasteiger charge is 2.11. The van der Waals surface area contributed by atoms with Crippen LogP contribution in [0.5, 0.6) is 0 Å². The molecule has 3 nitrogen and oxygen atoms in total. The molecular weight excluding hydrogens is 308 g/mol. The Bertz CT molecular complexity index is 867. The number of aryl methyl sites for hydroxylation is 2. The Morgan fingerprint density at radius 2 is 1.96 bits per heavy atom. The summed E-state index contributed by atoms with van der Waals surface area (Å²) in [5, 5.41) is 4.85. The topological polar surface area (TPSA) is 44.9 Å². The summed E-state index contributed by atoms with van der Waals surface area (Å²) in [6, 6.07) is 13.4. The molecule has 0 saturated carbocycles. The van der Waals surface area contributed by atoms with Gasteiger partial charge in [-0.1, -0.05) is 29.8 Å². The van der Waals surface area contributed by atoms with Crippen molar-refractivity contribution in [3.05, 3.63) is 69.9 Å². The minimum absolute atomic E-state index is 0.0290. The number of aromatic nitrogens is 1. The molecule has 1 aromatic heterocycles. The van der Waals surface area contributed by atoms with Crippen molar-refractivity contribution in [2.75, 3.05) is 6.54 Å². The van der Waals surface area contributed by atoms with E-state index < -0.39 is 0 Å². The van der Waals surface area contributed by atoms with E-state index >= 15 is 0 Å². The van der Waals surface area contributed by atoms with E-state index in [-0.39, 0.29) is 5.91 Å². The first-order valence-electron chi connectivity index (χ1n) is 7.67. The zero-order valence-corrected chi connectivity index (χ0v) is 14.0. The molecule has 0 fully saturated rings. The number of carbonyl (C=O) groups is 1. The standard InChI is InChI=1S/C19H19ClN2O/c1-12-5-3-4-6-15(12)19(23)21-10-9-16-13(2)22-18-8-7-14(20)11-17(16)18/h3-8,11,22H,9-10H2,1-2H3,(H,21,23).